The van der Waals surface area contributed by atoms with Crippen molar-refractivity contribution >= 4 is 5.97 Å². The van der Waals surface area contributed by atoms with Gasteiger partial charge in [0.05, 0.1) is 12.3 Å². The second-order valence-electron chi connectivity index (χ2n) is 3.32. The third kappa shape index (κ3) is 5.36. The van der Waals surface area contributed by atoms with E-state index in [0.29, 0.717) is 25.3 Å². The van der Waals surface area contributed by atoms with Gasteiger partial charge in [-0.2, -0.15) is 0 Å². The number of carboxylic acids is 1. The number of aromatic nitrogens is 1. The van der Waals surface area contributed by atoms with Crippen LogP contribution >= 0.6 is 0 Å². The van der Waals surface area contributed by atoms with Crippen LogP contribution in [0.25, 0.3) is 0 Å². The van der Waals surface area contributed by atoms with Crippen molar-refractivity contribution in [1.29, 1.82) is 0 Å². The number of nitrogens with zero attached hydrogens (tertiary/aromatic N) is 2. The minimum atomic E-state index is -1.04. The van der Waals surface area contributed by atoms with Crippen LogP contribution in [0.15, 0.2) is 18.2 Å². The van der Waals surface area contributed by atoms with E-state index in [9.17, 15) is 4.79 Å². The minimum Gasteiger partial charge on any atom is -0.477 e. The third-order valence-electron chi connectivity index (χ3n) is 2.14. The van der Waals surface area contributed by atoms with E-state index in [4.69, 9.17) is 10.2 Å². The van der Waals surface area contributed by atoms with Crippen LogP contribution in [0.2, 0.25) is 0 Å². The zero-order valence-corrected chi connectivity index (χ0v) is 11.9. The summed E-state index contributed by atoms with van der Waals surface area (Å²) in [6.07, 6.45) is 0. The molecule has 0 aliphatic heterocycles. The maximum Gasteiger partial charge on any atom is 1.00 e. The van der Waals surface area contributed by atoms with Gasteiger partial charge in [0.25, 0.3) is 0 Å². The van der Waals surface area contributed by atoms with E-state index in [-0.39, 0.29) is 32.1 Å². The van der Waals surface area contributed by atoms with E-state index in [2.05, 4.69) is 11.9 Å². The van der Waals surface area contributed by atoms with Gasteiger partial charge in [0, 0.05) is 13.1 Å². The van der Waals surface area contributed by atoms with E-state index < -0.39 is 5.97 Å². The van der Waals surface area contributed by atoms with Gasteiger partial charge in [0.15, 0.2) is 0 Å². The van der Waals surface area contributed by atoms with Gasteiger partial charge in [-0.25, -0.2) is 9.78 Å². The van der Waals surface area contributed by atoms with E-state index in [1.807, 2.05) is 4.90 Å². The van der Waals surface area contributed by atoms with Crippen molar-refractivity contribution in [2.75, 3.05) is 19.7 Å². The summed E-state index contributed by atoms with van der Waals surface area (Å²) in [6.45, 7) is 5.31. The van der Waals surface area contributed by atoms with Crippen LogP contribution in [-0.4, -0.2) is 45.8 Å². The van der Waals surface area contributed by atoms with Crippen molar-refractivity contribution < 1.29 is 34.8 Å². The molecule has 6 heteroatoms. The number of pyridine rings is 1. The molecule has 0 amide bonds. The molecule has 1 rings (SSSR count). The van der Waals surface area contributed by atoms with Crippen LogP contribution in [0.3, 0.4) is 0 Å². The number of rotatable bonds is 6. The number of aliphatic hydroxyl groups is 1. The molecule has 0 unspecified atom stereocenters. The molecule has 1 radical (unpaired) electrons. The Hall–Kier alpha value is -0.824. The first-order valence-electron chi connectivity index (χ1n) is 4.99. The molecule has 0 bridgehead atoms. The van der Waals surface area contributed by atoms with Gasteiger partial charge in [0.1, 0.15) is 5.69 Å². The quantitative estimate of drug-likeness (QED) is 0.661. The maximum absolute atomic E-state index is 10.7. The fourth-order valence-electron chi connectivity index (χ4n) is 1.33. The van der Waals surface area contributed by atoms with E-state index in [0.717, 1.165) is 0 Å². The molecule has 0 aliphatic carbocycles. The SMILES string of the molecule is [CH2-]CN(CCO)Cc1cccc(C(=O)O)n1.[Os+]. The molecule has 0 atom stereocenters. The van der Waals surface area contributed by atoms with Gasteiger partial charge in [0.2, 0.25) is 0 Å². The Morgan fingerprint density at radius 2 is 2.18 bits per heavy atom. The average molecular weight is 413 g/mol. The standard InChI is InChI=1S/C11H15N2O3.Os/c1-2-13(6-7-14)8-9-4-3-5-10(12-9)11(15)16;/h3-5,14H,1-2,6-8H2,(H,15,16);/q-1;+1. The van der Waals surface area contributed by atoms with Crippen LogP contribution in [0, 0.1) is 6.92 Å². The number of aliphatic hydroxyl groups excluding tert-OH is 1. The summed E-state index contributed by atoms with van der Waals surface area (Å²) in [6, 6.07) is 4.87. The van der Waals surface area contributed by atoms with Crippen molar-refractivity contribution in [3.05, 3.63) is 36.5 Å². The number of hydrogen-bond donors (Lipinski definition) is 2. The predicted octanol–water partition coefficient (Wildman–Crippen LogP) is 0.406. The first-order valence-corrected chi connectivity index (χ1v) is 4.99. The molecule has 1 aromatic rings. The molecule has 5 nitrogen and oxygen atoms in total. The van der Waals surface area contributed by atoms with E-state index in [1.54, 1.807) is 12.1 Å². The van der Waals surface area contributed by atoms with E-state index >= 15 is 0 Å². The zero-order valence-electron chi connectivity index (χ0n) is 9.32. The number of aromatic carboxylic acids is 1. The van der Waals surface area contributed by atoms with Gasteiger partial charge in [-0.1, -0.05) is 6.07 Å². The van der Waals surface area contributed by atoms with Crippen molar-refractivity contribution in [1.82, 2.24) is 9.88 Å². The molecular weight excluding hydrogens is 398 g/mol. The molecular formula is C11H15N2O3Os. The third-order valence-corrected chi connectivity index (χ3v) is 2.14. The van der Waals surface area contributed by atoms with Gasteiger partial charge in [-0.3, -0.25) is 0 Å². The Kier molecular flexibility index (Phi) is 7.89. The average Bonchev–Trinajstić information content (AvgIpc) is 2.29. The number of hydrogen-bond acceptors (Lipinski definition) is 4. The second kappa shape index (κ2) is 8.29. The van der Waals surface area contributed by atoms with Crippen LogP contribution in [-0.2, 0) is 26.3 Å². The molecule has 95 valence electrons. The summed E-state index contributed by atoms with van der Waals surface area (Å²) >= 11 is 0. The first-order chi connectivity index (χ1) is 7.67. The smallest absolute Gasteiger partial charge is 0.477 e. The monoisotopic (exact) mass is 415 g/mol. The fraction of sp³-hybridized carbons (Fsp3) is 0.364. The zero-order chi connectivity index (χ0) is 12.0. The normalized spacial score (nSPS) is 10.1. The molecule has 0 fully saturated rings. The van der Waals surface area contributed by atoms with Crippen LogP contribution in [0.5, 0.6) is 0 Å². The Balaban J connectivity index is 0.00000256. The van der Waals surface area contributed by atoms with Crippen molar-refractivity contribution in [3.63, 3.8) is 0 Å². The maximum atomic E-state index is 10.7. The summed E-state index contributed by atoms with van der Waals surface area (Å²) in [4.78, 5) is 16.6. The predicted molar refractivity (Wildman–Crippen MR) is 58.9 cm³/mol. The fourth-order valence-corrected chi connectivity index (χ4v) is 1.33. The summed E-state index contributed by atoms with van der Waals surface area (Å²) < 4.78 is 0. The molecule has 1 heterocycles. The largest absolute Gasteiger partial charge is 1.00 e. The topological polar surface area (TPSA) is 73.7 Å². The molecule has 0 saturated heterocycles. The molecule has 0 saturated carbocycles. The Bertz CT molecular complexity index is 360. The molecule has 0 aliphatic rings. The van der Waals surface area contributed by atoms with Crippen LogP contribution in [0.1, 0.15) is 16.2 Å². The summed E-state index contributed by atoms with van der Waals surface area (Å²) in [5.41, 5.74) is 0.697. The molecule has 2 N–H and O–H groups in total. The second-order valence-corrected chi connectivity index (χ2v) is 3.32. The van der Waals surface area contributed by atoms with Crippen molar-refractivity contribution in [2.45, 2.75) is 6.54 Å². The van der Waals surface area contributed by atoms with E-state index in [1.165, 1.54) is 6.07 Å². The van der Waals surface area contributed by atoms with Gasteiger partial charge in [-0.15, -0.1) is 6.54 Å². The number of carboxylic acid groups (broad SMARTS) is 1. The van der Waals surface area contributed by atoms with Crippen molar-refractivity contribution in [2.24, 2.45) is 0 Å². The molecule has 1 aromatic heterocycles. The van der Waals surface area contributed by atoms with Gasteiger partial charge >= 0.3 is 25.8 Å². The Morgan fingerprint density at radius 3 is 2.71 bits per heavy atom. The van der Waals surface area contributed by atoms with Crippen molar-refractivity contribution in [3.8, 4) is 0 Å². The van der Waals surface area contributed by atoms with Crippen LogP contribution in [0.4, 0.5) is 0 Å². The Labute approximate surface area is 114 Å². The summed E-state index contributed by atoms with van der Waals surface area (Å²) in [5.74, 6) is -1.04. The van der Waals surface area contributed by atoms with Gasteiger partial charge < -0.3 is 22.0 Å². The van der Waals surface area contributed by atoms with Crippen LogP contribution < -0.4 is 0 Å². The molecule has 17 heavy (non-hydrogen) atoms. The number of carbonyl (C=O) groups is 1. The van der Waals surface area contributed by atoms with Gasteiger partial charge in [-0.05, 0) is 12.1 Å². The minimum absolute atomic E-state index is 0. The summed E-state index contributed by atoms with van der Waals surface area (Å²) in [7, 11) is 0. The molecule has 0 aromatic carbocycles. The Morgan fingerprint density at radius 1 is 1.47 bits per heavy atom. The molecule has 0 spiro atoms. The summed E-state index contributed by atoms with van der Waals surface area (Å²) in [5, 5.41) is 17.6. The first kappa shape index (κ1) is 16.2.